The maximum absolute atomic E-state index is 13.7. The normalized spacial score (nSPS) is 11.9. The Bertz CT molecular complexity index is 1350. The van der Waals surface area contributed by atoms with E-state index in [9.17, 15) is 22.4 Å². The standard InChI is InChI=1S/C27H30FN3O5S/c1-19-8-12-23(13-9-19)31(37(34,35)25-14-10-22(28)11-15-25)18-26(32)30(20(2)27(33)29-3)17-21-6-5-7-24(16-21)36-4/h5-16,20H,17-18H2,1-4H3,(H,29,33)/t20-/m1/s1. The topological polar surface area (TPSA) is 96.0 Å². The number of halogens is 1. The fourth-order valence-corrected chi connectivity index (χ4v) is 5.15. The molecule has 1 N–H and O–H groups in total. The molecule has 0 fully saturated rings. The first kappa shape index (κ1) is 27.7. The van der Waals surface area contributed by atoms with Gasteiger partial charge < -0.3 is 15.0 Å². The molecule has 0 aromatic heterocycles. The number of nitrogens with zero attached hydrogens (tertiary/aromatic N) is 2. The molecule has 10 heteroatoms. The average Bonchev–Trinajstić information content (AvgIpc) is 2.90. The molecule has 3 aromatic carbocycles. The van der Waals surface area contributed by atoms with Crippen molar-refractivity contribution in [1.29, 1.82) is 0 Å². The molecule has 0 spiro atoms. The Morgan fingerprint density at radius 3 is 2.27 bits per heavy atom. The van der Waals surface area contributed by atoms with Crippen LogP contribution >= 0.6 is 0 Å². The molecule has 2 amide bonds. The second-order valence-electron chi connectivity index (χ2n) is 8.46. The van der Waals surface area contributed by atoms with Crippen molar-refractivity contribution in [3.8, 4) is 5.75 Å². The third-order valence-electron chi connectivity index (χ3n) is 5.90. The summed E-state index contributed by atoms with van der Waals surface area (Å²) in [7, 11) is -1.26. The Balaban J connectivity index is 2.02. The van der Waals surface area contributed by atoms with Crippen LogP contribution in [0.4, 0.5) is 10.1 Å². The van der Waals surface area contributed by atoms with E-state index in [2.05, 4.69) is 5.32 Å². The number of ether oxygens (including phenoxy) is 1. The number of methoxy groups -OCH3 is 1. The van der Waals surface area contributed by atoms with Crippen molar-refractivity contribution in [2.45, 2.75) is 31.3 Å². The molecule has 0 heterocycles. The summed E-state index contributed by atoms with van der Waals surface area (Å²) in [6, 6.07) is 17.2. The summed E-state index contributed by atoms with van der Waals surface area (Å²) in [6.45, 7) is 2.90. The largest absolute Gasteiger partial charge is 0.497 e. The van der Waals surface area contributed by atoms with Crippen LogP contribution in [-0.2, 0) is 26.2 Å². The van der Waals surface area contributed by atoms with Gasteiger partial charge in [0.1, 0.15) is 24.2 Å². The fraction of sp³-hybridized carbons (Fsp3) is 0.259. The number of carbonyl (C=O) groups excluding carboxylic acids is 2. The number of hydrogen-bond donors (Lipinski definition) is 1. The quantitative estimate of drug-likeness (QED) is 0.436. The van der Waals surface area contributed by atoms with E-state index in [0.29, 0.717) is 11.3 Å². The van der Waals surface area contributed by atoms with Gasteiger partial charge in [0.2, 0.25) is 11.8 Å². The van der Waals surface area contributed by atoms with E-state index in [0.717, 1.165) is 34.1 Å². The third-order valence-corrected chi connectivity index (χ3v) is 7.69. The molecule has 3 rings (SSSR count). The van der Waals surface area contributed by atoms with E-state index in [1.807, 2.05) is 6.92 Å². The number of benzene rings is 3. The smallest absolute Gasteiger partial charge is 0.264 e. The Morgan fingerprint density at radius 2 is 1.68 bits per heavy atom. The molecule has 3 aromatic rings. The van der Waals surface area contributed by atoms with Gasteiger partial charge in [-0.1, -0.05) is 29.8 Å². The maximum Gasteiger partial charge on any atom is 0.264 e. The lowest BCUT2D eigenvalue weighted by molar-refractivity contribution is -0.139. The van der Waals surface area contributed by atoms with E-state index >= 15 is 0 Å². The second kappa shape index (κ2) is 11.9. The number of likely N-dealkylation sites (N-methyl/N-ethyl adjacent to an activating group) is 1. The van der Waals surface area contributed by atoms with Gasteiger partial charge in [-0.05, 0) is 67.9 Å². The summed E-state index contributed by atoms with van der Waals surface area (Å²) in [4.78, 5) is 27.4. The third kappa shape index (κ3) is 6.65. The fourth-order valence-electron chi connectivity index (χ4n) is 3.73. The van der Waals surface area contributed by atoms with Crippen molar-refractivity contribution in [3.63, 3.8) is 0 Å². The van der Waals surface area contributed by atoms with Gasteiger partial charge in [-0.15, -0.1) is 0 Å². The van der Waals surface area contributed by atoms with Gasteiger partial charge in [-0.25, -0.2) is 12.8 Å². The highest BCUT2D eigenvalue weighted by atomic mass is 32.2. The van der Waals surface area contributed by atoms with Gasteiger partial charge in [-0.3, -0.25) is 13.9 Å². The van der Waals surface area contributed by atoms with Crippen molar-refractivity contribution >= 4 is 27.5 Å². The lowest BCUT2D eigenvalue weighted by Gasteiger charge is -2.31. The van der Waals surface area contributed by atoms with Crippen LogP contribution in [-0.4, -0.2) is 51.9 Å². The molecule has 0 unspecified atom stereocenters. The highest BCUT2D eigenvalue weighted by Crippen LogP contribution is 2.25. The zero-order valence-corrected chi connectivity index (χ0v) is 22.0. The number of aryl methyl sites for hydroxylation is 1. The summed E-state index contributed by atoms with van der Waals surface area (Å²) < 4.78 is 47.0. The zero-order chi connectivity index (χ0) is 27.2. The van der Waals surface area contributed by atoms with Gasteiger partial charge in [0.15, 0.2) is 0 Å². The first-order valence-electron chi connectivity index (χ1n) is 11.6. The van der Waals surface area contributed by atoms with Crippen molar-refractivity contribution in [2.75, 3.05) is 25.0 Å². The van der Waals surface area contributed by atoms with Gasteiger partial charge in [0.05, 0.1) is 17.7 Å². The predicted molar refractivity (Wildman–Crippen MR) is 139 cm³/mol. The molecule has 0 aliphatic heterocycles. The van der Waals surface area contributed by atoms with Crippen LogP contribution in [0.1, 0.15) is 18.1 Å². The maximum atomic E-state index is 13.7. The molecular formula is C27H30FN3O5S. The van der Waals surface area contributed by atoms with E-state index in [4.69, 9.17) is 4.74 Å². The molecule has 8 nitrogen and oxygen atoms in total. The predicted octanol–water partition coefficient (Wildman–Crippen LogP) is 3.50. The number of amides is 2. The minimum absolute atomic E-state index is 0.0446. The number of anilines is 1. The van der Waals surface area contributed by atoms with E-state index in [-0.39, 0.29) is 17.1 Å². The summed E-state index contributed by atoms with van der Waals surface area (Å²) in [5.41, 5.74) is 1.87. The highest BCUT2D eigenvalue weighted by Gasteiger charge is 2.32. The minimum Gasteiger partial charge on any atom is -0.497 e. The number of rotatable bonds is 10. The Labute approximate surface area is 216 Å². The molecule has 0 aliphatic carbocycles. The lowest BCUT2D eigenvalue weighted by Crippen LogP contribution is -2.50. The highest BCUT2D eigenvalue weighted by molar-refractivity contribution is 7.92. The van der Waals surface area contributed by atoms with Crippen LogP contribution in [0.5, 0.6) is 5.75 Å². The van der Waals surface area contributed by atoms with E-state index < -0.39 is 40.2 Å². The van der Waals surface area contributed by atoms with Gasteiger partial charge in [-0.2, -0.15) is 0 Å². The average molecular weight is 528 g/mol. The molecule has 0 saturated heterocycles. The minimum atomic E-state index is -4.25. The van der Waals surface area contributed by atoms with Crippen LogP contribution in [0.2, 0.25) is 0 Å². The molecule has 1 atom stereocenters. The van der Waals surface area contributed by atoms with Crippen LogP contribution < -0.4 is 14.4 Å². The first-order valence-corrected chi connectivity index (χ1v) is 13.0. The van der Waals surface area contributed by atoms with Crippen molar-refractivity contribution < 1.29 is 27.1 Å². The molecular weight excluding hydrogens is 497 g/mol. The molecule has 0 saturated carbocycles. The first-order chi connectivity index (χ1) is 17.6. The summed E-state index contributed by atoms with van der Waals surface area (Å²) >= 11 is 0. The van der Waals surface area contributed by atoms with Crippen LogP contribution in [0.15, 0.2) is 77.7 Å². The Hall–Kier alpha value is -3.92. The summed E-state index contributed by atoms with van der Waals surface area (Å²) in [6.07, 6.45) is 0. The molecule has 0 radical (unpaired) electrons. The van der Waals surface area contributed by atoms with Crippen molar-refractivity contribution in [2.24, 2.45) is 0 Å². The Kier molecular flexibility index (Phi) is 8.88. The monoisotopic (exact) mass is 527 g/mol. The SMILES string of the molecule is CNC(=O)[C@@H](C)N(Cc1cccc(OC)c1)C(=O)CN(c1ccc(C)cc1)S(=O)(=O)c1ccc(F)cc1. The van der Waals surface area contributed by atoms with Gasteiger partial charge in [0, 0.05) is 13.6 Å². The number of sulfonamides is 1. The lowest BCUT2D eigenvalue weighted by atomic mass is 10.1. The summed E-state index contributed by atoms with van der Waals surface area (Å²) in [5, 5.41) is 2.54. The molecule has 196 valence electrons. The van der Waals surface area contributed by atoms with Gasteiger partial charge >= 0.3 is 0 Å². The zero-order valence-electron chi connectivity index (χ0n) is 21.1. The molecule has 37 heavy (non-hydrogen) atoms. The number of nitrogens with one attached hydrogen (secondary N) is 1. The van der Waals surface area contributed by atoms with Gasteiger partial charge in [0.25, 0.3) is 10.0 Å². The van der Waals surface area contributed by atoms with E-state index in [1.165, 1.54) is 19.1 Å². The Morgan fingerprint density at radius 1 is 1.03 bits per heavy atom. The van der Waals surface area contributed by atoms with Crippen LogP contribution in [0.25, 0.3) is 0 Å². The van der Waals surface area contributed by atoms with Crippen molar-refractivity contribution in [1.82, 2.24) is 10.2 Å². The second-order valence-corrected chi connectivity index (χ2v) is 10.3. The van der Waals surface area contributed by atoms with Crippen molar-refractivity contribution in [3.05, 3.63) is 89.7 Å². The van der Waals surface area contributed by atoms with Crippen LogP contribution in [0.3, 0.4) is 0 Å². The van der Waals surface area contributed by atoms with Crippen LogP contribution in [0, 0.1) is 12.7 Å². The number of hydrogen-bond acceptors (Lipinski definition) is 5. The summed E-state index contributed by atoms with van der Waals surface area (Å²) in [5.74, 6) is -0.997. The van der Waals surface area contributed by atoms with E-state index in [1.54, 1.807) is 55.5 Å². The number of carbonyl (C=O) groups is 2. The molecule has 0 bridgehead atoms. The molecule has 0 aliphatic rings.